The van der Waals surface area contributed by atoms with Gasteiger partial charge in [-0.05, 0) is 50.1 Å². The quantitative estimate of drug-likeness (QED) is 0.604. The van der Waals surface area contributed by atoms with Crippen LogP contribution in [0.5, 0.6) is 0 Å². The molecule has 2 nitrogen and oxygen atoms in total. The van der Waals surface area contributed by atoms with Gasteiger partial charge in [-0.2, -0.15) is 0 Å². The van der Waals surface area contributed by atoms with Crippen molar-refractivity contribution in [3.63, 3.8) is 0 Å². The average Bonchev–Trinajstić information content (AvgIpc) is 2.54. The molecule has 0 saturated heterocycles. The van der Waals surface area contributed by atoms with Crippen LogP contribution in [0.3, 0.4) is 0 Å². The summed E-state index contributed by atoms with van der Waals surface area (Å²) in [5.74, 6) is 0. The van der Waals surface area contributed by atoms with Crippen LogP contribution in [-0.2, 0) is 4.74 Å². The van der Waals surface area contributed by atoms with Crippen molar-refractivity contribution >= 4 is 34.5 Å². The zero-order valence-corrected chi connectivity index (χ0v) is 17.8. The van der Waals surface area contributed by atoms with Gasteiger partial charge in [-0.25, -0.2) is 0 Å². The van der Waals surface area contributed by atoms with Crippen molar-refractivity contribution in [2.24, 2.45) is 5.41 Å². The van der Waals surface area contributed by atoms with Crippen molar-refractivity contribution in [2.45, 2.75) is 46.6 Å². The van der Waals surface area contributed by atoms with Gasteiger partial charge >= 0.3 is 0 Å². The van der Waals surface area contributed by atoms with Crippen LogP contribution in [0.1, 0.15) is 52.2 Å². The first-order chi connectivity index (χ1) is 12.0. The Hall–Kier alpha value is -1.78. The number of hydrogen-bond acceptors (Lipinski definition) is 3. The van der Waals surface area contributed by atoms with Crippen LogP contribution in [0, 0.1) is 5.41 Å². The second-order valence-corrected chi connectivity index (χ2v) is 8.68. The number of aliphatic hydroxyl groups is 1. The maximum atomic E-state index is 8.76. The minimum absolute atomic E-state index is 0.0457. The van der Waals surface area contributed by atoms with Gasteiger partial charge in [0.05, 0.1) is 0 Å². The van der Waals surface area contributed by atoms with E-state index in [2.05, 4.69) is 46.8 Å². The van der Waals surface area contributed by atoms with Crippen molar-refractivity contribution in [2.75, 3.05) is 0 Å². The molecule has 0 aliphatic carbocycles. The first-order valence-corrected chi connectivity index (χ1v) is 9.39. The lowest BCUT2D eigenvalue weighted by atomic mass is 9.83. The second kappa shape index (κ2) is 9.79. The largest absolute Gasteiger partial charge is 0.499 e. The van der Waals surface area contributed by atoms with Gasteiger partial charge in [-0.1, -0.05) is 81.4 Å². The first kappa shape index (κ1) is 22.3. The molecule has 2 aromatic carbocycles. The molecule has 0 unspecified atom stereocenters. The minimum Gasteiger partial charge on any atom is -0.499 e. The Bertz CT molecular complexity index is 702. The van der Waals surface area contributed by atoms with E-state index in [1.165, 1.54) is 0 Å². The van der Waals surface area contributed by atoms with E-state index in [9.17, 15) is 0 Å². The van der Waals surface area contributed by atoms with Crippen LogP contribution in [-0.4, -0.2) is 20.8 Å². The number of benzene rings is 2. The molecule has 0 saturated carbocycles. The number of hydrogen-bond donors (Lipinski definition) is 1. The molecule has 0 heterocycles. The topological polar surface area (TPSA) is 29.5 Å². The smallest absolute Gasteiger partial charge is 0.191 e. The van der Waals surface area contributed by atoms with Gasteiger partial charge in [-0.3, -0.25) is 0 Å². The highest BCUT2D eigenvalue weighted by molar-refractivity contribution is 7.80. The summed E-state index contributed by atoms with van der Waals surface area (Å²) < 4.78 is 5.93. The van der Waals surface area contributed by atoms with Gasteiger partial charge in [0.2, 0.25) is 0 Å². The van der Waals surface area contributed by atoms with E-state index in [0.717, 1.165) is 12.0 Å². The SMILES string of the molecule is CC(C)(C)CC(C)(C)OC(=S)c1ccccc1.OC(=S)c1ccccc1. The molecule has 26 heavy (non-hydrogen) atoms. The van der Waals surface area contributed by atoms with Crippen LogP contribution in [0.25, 0.3) is 0 Å². The summed E-state index contributed by atoms with van der Waals surface area (Å²) in [4.78, 5) is 0. The van der Waals surface area contributed by atoms with Crippen LogP contribution in [0.4, 0.5) is 0 Å². The lowest BCUT2D eigenvalue weighted by Crippen LogP contribution is -2.32. The Balaban J connectivity index is 0.000000314. The lowest BCUT2D eigenvalue weighted by molar-refractivity contribution is 0.0546. The molecule has 4 heteroatoms. The van der Waals surface area contributed by atoms with Crippen LogP contribution >= 0.6 is 24.4 Å². The summed E-state index contributed by atoms with van der Waals surface area (Å²) in [6.45, 7) is 10.8. The molecular weight excluding hydrogens is 360 g/mol. The molecule has 140 valence electrons. The van der Waals surface area contributed by atoms with Crippen LogP contribution in [0.15, 0.2) is 60.7 Å². The highest BCUT2D eigenvalue weighted by Gasteiger charge is 2.28. The summed E-state index contributed by atoms with van der Waals surface area (Å²) in [7, 11) is 0. The lowest BCUT2D eigenvalue weighted by Gasteiger charge is -2.33. The molecule has 0 aliphatic rings. The predicted molar refractivity (Wildman–Crippen MR) is 118 cm³/mol. The van der Waals surface area contributed by atoms with E-state index in [1.807, 2.05) is 48.5 Å². The van der Waals surface area contributed by atoms with E-state index in [0.29, 0.717) is 10.6 Å². The minimum atomic E-state index is -0.231. The molecule has 0 aromatic heterocycles. The van der Waals surface area contributed by atoms with Crippen LogP contribution < -0.4 is 0 Å². The third-order valence-corrected chi connectivity index (χ3v) is 3.91. The maximum Gasteiger partial charge on any atom is 0.191 e. The van der Waals surface area contributed by atoms with E-state index < -0.39 is 0 Å². The molecule has 0 amide bonds. The molecule has 0 fully saturated rings. The Labute approximate surface area is 168 Å². The summed E-state index contributed by atoms with van der Waals surface area (Å²) in [6, 6.07) is 19.0. The third-order valence-electron chi connectivity index (χ3n) is 3.36. The monoisotopic (exact) mass is 388 g/mol. The molecule has 0 radical (unpaired) electrons. The zero-order chi connectivity index (χ0) is 19.8. The second-order valence-electron chi connectivity index (χ2n) is 7.92. The summed E-state index contributed by atoms with van der Waals surface area (Å²) >= 11 is 9.85. The number of ether oxygens (including phenoxy) is 1. The Morgan fingerprint density at radius 2 is 1.23 bits per heavy atom. The van der Waals surface area contributed by atoms with E-state index >= 15 is 0 Å². The molecule has 2 rings (SSSR count). The van der Waals surface area contributed by atoms with Gasteiger partial charge in [0.15, 0.2) is 10.1 Å². The van der Waals surface area contributed by atoms with Gasteiger partial charge in [0, 0.05) is 11.1 Å². The number of thiocarbonyl (C=S) groups is 2. The van der Waals surface area contributed by atoms with Gasteiger partial charge < -0.3 is 9.84 Å². The van der Waals surface area contributed by atoms with E-state index in [4.69, 9.17) is 22.1 Å². The molecule has 0 bridgehead atoms. The first-order valence-electron chi connectivity index (χ1n) is 8.57. The highest BCUT2D eigenvalue weighted by atomic mass is 32.1. The normalized spacial score (nSPS) is 11.1. The molecule has 0 atom stereocenters. The zero-order valence-electron chi connectivity index (χ0n) is 16.2. The van der Waals surface area contributed by atoms with Gasteiger partial charge in [-0.15, -0.1) is 0 Å². The standard InChI is InChI=1S/C15H22OS.C7H6OS/c1-14(2,3)11-15(4,5)16-13(17)12-9-7-6-8-10-12;8-7(9)6-4-2-1-3-5-6/h6-10H,11H2,1-5H3;1-5H,(H,8,9). The number of rotatable bonds is 4. The van der Waals surface area contributed by atoms with Gasteiger partial charge in [0.1, 0.15) is 5.60 Å². The van der Waals surface area contributed by atoms with Crippen LogP contribution in [0.2, 0.25) is 0 Å². The molecule has 0 spiro atoms. The highest BCUT2D eigenvalue weighted by Crippen LogP contribution is 2.30. The van der Waals surface area contributed by atoms with Crippen molar-refractivity contribution in [1.29, 1.82) is 0 Å². The summed E-state index contributed by atoms with van der Waals surface area (Å²) in [6.07, 6.45) is 0.965. The average molecular weight is 389 g/mol. The van der Waals surface area contributed by atoms with Gasteiger partial charge in [0.25, 0.3) is 0 Å². The fraction of sp³-hybridized carbons (Fsp3) is 0.364. The van der Waals surface area contributed by atoms with Crippen molar-refractivity contribution in [3.8, 4) is 0 Å². The predicted octanol–water partition coefficient (Wildman–Crippen LogP) is 6.51. The van der Waals surface area contributed by atoms with E-state index in [1.54, 1.807) is 12.1 Å². The summed E-state index contributed by atoms with van der Waals surface area (Å²) in [5, 5.41) is 9.29. The fourth-order valence-corrected chi connectivity index (χ4v) is 3.28. The Morgan fingerprint density at radius 1 is 0.808 bits per heavy atom. The molecule has 2 aromatic rings. The van der Waals surface area contributed by atoms with Crippen molar-refractivity contribution < 1.29 is 9.84 Å². The van der Waals surface area contributed by atoms with Crippen molar-refractivity contribution in [1.82, 2.24) is 0 Å². The Kier molecular flexibility index (Phi) is 8.38. The molecule has 0 aliphatic heterocycles. The fourth-order valence-electron chi connectivity index (χ4n) is 2.78. The summed E-state index contributed by atoms with van der Waals surface area (Å²) in [5.41, 5.74) is 1.68. The van der Waals surface area contributed by atoms with E-state index in [-0.39, 0.29) is 16.1 Å². The number of aliphatic hydroxyl groups excluding tert-OH is 1. The molecular formula is C22H28O2S2. The molecule has 1 N–H and O–H groups in total. The maximum absolute atomic E-state index is 8.76. The van der Waals surface area contributed by atoms with Crippen molar-refractivity contribution in [3.05, 3.63) is 71.8 Å². The third kappa shape index (κ3) is 9.07. The Morgan fingerprint density at radius 3 is 1.58 bits per heavy atom.